The lowest BCUT2D eigenvalue weighted by atomic mass is 10.00. The van der Waals surface area contributed by atoms with Crippen LogP contribution in [0.4, 0.5) is 11.4 Å². The van der Waals surface area contributed by atoms with E-state index in [1.165, 1.54) is 0 Å². The van der Waals surface area contributed by atoms with E-state index in [2.05, 4.69) is 10.2 Å². The molecule has 4 rings (SSSR count). The minimum Gasteiger partial charge on any atom is -0.393 e. The van der Waals surface area contributed by atoms with Crippen molar-refractivity contribution in [2.24, 2.45) is 11.8 Å². The Kier molecular flexibility index (Phi) is 2.41. The van der Waals surface area contributed by atoms with Gasteiger partial charge in [0.15, 0.2) is 0 Å². The molecule has 0 bridgehead atoms. The van der Waals surface area contributed by atoms with Gasteiger partial charge in [-0.2, -0.15) is 0 Å². The molecule has 1 aromatic rings. The van der Waals surface area contributed by atoms with Gasteiger partial charge >= 0.3 is 0 Å². The van der Waals surface area contributed by atoms with Crippen LogP contribution in [0.5, 0.6) is 0 Å². The van der Waals surface area contributed by atoms with Gasteiger partial charge in [0.2, 0.25) is 0 Å². The number of nitrogens with one attached hydrogen (secondary N) is 1. The molecule has 104 valence electrons. The molecule has 2 N–H and O–H groups in total. The molecule has 1 saturated heterocycles. The number of hydrogen-bond donors (Lipinski definition) is 2. The zero-order chi connectivity index (χ0) is 13.9. The van der Waals surface area contributed by atoms with Gasteiger partial charge in [-0.1, -0.05) is 0 Å². The third-order valence-corrected chi connectivity index (χ3v) is 4.89. The van der Waals surface area contributed by atoms with Crippen LogP contribution in [-0.2, 0) is 4.79 Å². The second kappa shape index (κ2) is 4.06. The van der Waals surface area contributed by atoms with Crippen LogP contribution in [0.15, 0.2) is 18.2 Å². The van der Waals surface area contributed by atoms with E-state index >= 15 is 0 Å². The van der Waals surface area contributed by atoms with E-state index in [1.54, 1.807) is 6.07 Å². The van der Waals surface area contributed by atoms with Crippen LogP contribution in [-0.4, -0.2) is 36.0 Å². The summed E-state index contributed by atoms with van der Waals surface area (Å²) in [7, 11) is 0. The van der Waals surface area contributed by atoms with Crippen LogP contribution in [0.25, 0.3) is 0 Å². The Labute approximate surface area is 116 Å². The summed E-state index contributed by atoms with van der Waals surface area (Å²) in [4.78, 5) is 25.2. The molecule has 0 aromatic heterocycles. The Balaban J connectivity index is 1.61. The molecule has 5 heteroatoms. The van der Waals surface area contributed by atoms with E-state index in [9.17, 15) is 14.7 Å². The van der Waals surface area contributed by atoms with Crippen molar-refractivity contribution < 1.29 is 14.7 Å². The van der Waals surface area contributed by atoms with Crippen molar-refractivity contribution in [3.63, 3.8) is 0 Å². The van der Waals surface area contributed by atoms with Gasteiger partial charge in [-0.25, -0.2) is 0 Å². The fraction of sp³-hybridized carbons (Fsp3) is 0.467. The fourth-order valence-corrected chi connectivity index (χ4v) is 3.78. The Morgan fingerprint density at radius 3 is 2.85 bits per heavy atom. The van der Waals surface area contributed by atoms with Crippen molar-refractivity contribution in [2.45, 2.75) is 18.9 Å². The number of carbonyl (C=O) groups excluding carboxylic acids is 2. The van der Waals surface area contributed by atoms with Gasteiger partial charge in [0, 0.05) is 24.7 Å². The first kappa shape index (κ1) is 11.9. The number of rotatable bonds is 1. The Hall–Kier alpha value is -1.88. The molecule has 0 spiro atoms. The number of aliphatic hydroxyl groups is 1. The van der Waals surface area contributed by atoms with Crippen molar-refractivity contribution in [2.75, 3.05) is 23.3 Å². The number of benzene rings is 1. The van der Waals surface area contributed by atoms with E-state index < -0.39 is 11.7 Å². The van der Waals surface area contributed by atoms with Crippen molar-refractivity contribution in [1.29, 1.82) is 0 Å². The second-order valence-electron chi connectivity index (χ2n) is 5.99. The summed E-state index contributed by atoms with van der Waals surface area (Å²) in [6, 6.07) is 5.48. The molecule has 20 heavy (non-hydrogen) atoms. The van der Waals surface area contributed by atoms with Gasteiger partial charge in [-0.05, 0) is 37.0 Å². The minimum absolute atomic E-state index is 0.180. The standard InChI is InChI=1S/C15H16N2O3/c18-13-4-1-8-6-17(7-11(8)13)9-2-3-10-12(5-9)16-15(20)14(10)19/h2-3,5,8,11,13,18H,1,4,6-7H2,(H,16,19,20). The highest BCUT2D eigenvalue weighted by molar-refractivity contribution is 6.51. The predicted molar refractivity (Wildman–Crippen MR) is 73.8 cm³/mol. The van der Waals surface area contributed by atoms with Gasteiger partial charge in [0.1, 0.15) is 0 Å². The van der Waals surface area contributed by atoms with Crippen LogP contribution >= 0.6 is 0 Å². The van der Waals surface area contributed by atoms with Gasteiger partial charge in [0.05, 0.1) is 17.4 Å². The molecule has 2 fully saturated rings. The Morgan fingerprint density at radius 1 is 1.20 bits per heavy atom. The molecule has 1 aromatic carbocycles. The molecule has 1 aliphatic carbocycles. The molecule has 0 radical (unpaired) electrons. The number of carbonyl (C=O) groups is 2. The number of anilines is 2. The molecule has 3 atom stereocenters. The zero-order valence-electron chi connectivity index (χ0n) is 11.0. The topological polar surface area (TPSA) is 69.6 Å². The van der Waals surface area contributed by atoms with E-state index in [1.807, 2.05) is 12.1 Å². The van der Waals surface area contributed by atoms with E-state index in [-0.39, 0.29) is 6.10 Å². The highest BCUT2D eigenvalue weighted by atomic mass is 16.3. The van der Waals surface area contributed by atoms with Gasteiger partial charge in [-0.3, -0.25) is 9.59 Å². The summed E-state index contributed by atoms with van der Waals surface area (Å²) in [6.07, 6.45) is 1.82. The SMILES string of the molecule is O=C1Nc2cc(N3CC4CCC(O)C4C3)ccc2C1=O. The van der Waals surface area contributed by atoms with Crippen molar-refractivity contribution in [3.05, 3.63) is 23.8 Å². The normalized spacial score (nSPS) is 31.4. The quantitative estimate of drug-likeness (QED) is 0.749. The Morgan fingerprint density at radius 2 is 2.05 bits per heavy atom. The van der Waals surface area contributed by atoms with Crippen molar-refractivity contribution in [1.82, 2.24) is 0 Å². The Bertz CT molecular complexity index is 613. The fourth-order valence-electron chi connectivity index (χ4n) is 3.78. The average Bonchev–Trinajstić information content (AvgIpc) is 3.07. The first-order valence-electron chi connectivity index (χ1n) is 7.06. The molecular weight excluding hydrogens is 256 g/mol. The number of nitrogens with zero attached hydrogens (tertiary/aromatic N) is 1. The highest BCUT2D eigenvalue weighted by Gasteiger charge is 2.42. The first-order chi connectivity index (χ1) is 9.63. The lowest BCUT2D eigenvalue weighted by Crippen LogP contribution is -2.24. The van der Waals surface area contributed by atoms with Crippen LogP contribution < -0.4 is 10.2 Å². The first-order valence-corrected chi connectivity index (χ1v) is 7.06. The van der Waals surface area contributed by atoms with Gasteiger partial charge < -0.3 is 15.3 Å². The minimum atomic E-state index is -0.550. The zero-order valence-corrected chi connectivity index (χ0v) is 11.0. The summed E-state index contributed by atoms with van der Waals surface area (Å²) < 4.78 is 0. The number of amides is 1. The third kappa shape index (κ3) is 1.59. The monoisotopic (exact) mass is 272 g/mol. The number of ketones is 1. The number of hydrogen-bond acceptors (Lipinski definition) is 4. The summed E-state index contributed by atoms with van der Waals surface area (Å²) >= 11 is 0. The third-order valence-electron chi connectivity index (χ3n) is 4.89. The van der Waals surface area contributed by atoms with Crippen LogP contribution in [0.2, 0.25) is 0 Å². The lowest BCUT2D eigenvalue weighted by Gasteiger charge is -2.21. The summed E-state index contributed by atoms with van der Waals surface area (Å²) in [5, 5.41) is 12.6. The summed E-state index contributed by atoms with van der Waals surface area (Å²) in [6.45, 7) is 1.80. The predicted octanol–water partition coefficient (Wildman–Crippen LogP) is 1.03. The maximum Gasteiger partial charge on any atom is 0.296 e. The molecule has 1 saturated carbocycles. The molecule has 3 aliphatic rings. The van der Waals surface area contributed by atoms with Crippen LogP contribution in [0.3, 0.4) is 0 Å². The molecule has 5 nitrogen and oxygen atoms in total. The highest BCUT2D eigenvalue weighted by Crippen LogP contribution is 2.40. The second-order valence-corrected chi connectivity index (χ2v) is 5.99. The number of Topliss-reactive ketones (excluding diaryl/α,β-unsaturated/α-hetero) is 1. The van der Waals surface area contributed by atoms with E-state index in [0.29, 0.717) is 23.1 Å². The van der Waals surface area contributed by atoms with Crippen LogP contribution in [0.1, 0.15) is 23.2 Å². The number of fused-ring (bicyclic) bond motifs is 2. The molecule has 1 amide bonds. The smallest absolute Gasteiger partial charge is 0.296 e. The molecular formula is C15H16N2O3. The van der Waals surface area contributed by atoms with Gasteiger partial charge in [0.25, 0.3) is 11.7 Å². The van der Waals surface area contributed by atoms with Gasteiger partial charge in [-0.15, -0.1) is 0 Å². The molecule has 2 heterocycles. The average molecular weight is 272 g/mol. The van der Waals surface area contributed by atoms with Crippen molar-refractivity contribution in [3.8, 4) is 0 Å². The molecule has 2 aliphatic heterocycles. The van der Waals surface area contributed by atoms with E-state index in [0.717, 1.165) is 31.6 Å². The van der Waals surface area contributed by atoms with E-state index in [4.69, 9.17) is 0 Å². The summed E-state index contributed by atoms with van der Waals surface area (Å²) in [5.41, 5.74) is 2.08. The molecule has 3 unspecified atom stereocenters. The maximum absolute atomic E-state index is 11.6. The maximum atomic E-state index is 11.6. The van der Waals surface area contributed by atoms with Crippen LogP contribution in [0, 0.1) is 11.8 Å². The van der Waals surface area contributed by atoms with Crippen molar-refractivity contribution >= 4 is 23.1 Å². The number of aliphatic hydroxyl groups excluding tert-OH is 1. The lowest BCUT2D eigenvalue weighted by molar-refractivity contribution is -0.112. The summed E-state index contributed by atoms with van der Waals surface area (Å²) in [5.74, 6) is -0.0833. The largest absolute Gasteiger partial charge is 0.393 e.